The first-order valence-electron chi connectivity index (χ1n) is 11.6. The molecule has 1 amide bonds. The predicted molar refractivity (Wildman–Crippen MR) is 121 cm³/mol. The first kappa shape index (κ1) is 24.0. The zero-order valence-electron chi connectivity index (χ0n) is 18.5. The van der Waals surface area contributed by atoms with Gasteiger partial charge in [0, 0.05) is 5.56 Å². The van der Waals surface area contributed by atoms with Gasteiger partial charge in [-0.2, -0.15) is 0 Å². The number of amides is 1. The predicted octanol–water partition coefficient (Wildman–Crippen LogP) is 5.39. The Labute approximate surface area is 181 Å². The number of amidine groups is 1. The van der Waals surface area contributed by atoms with Crippen molar-refractivity contribution in [2.45, 2.75) is 95.9 Å². The molecule has 6 nitrogen and oxygen atoms in total. The van der Waals surface area contributed by atoms with Crippen LogP contribution in [0.25, 0.3) is 0 Å². The average Bonchev–Trinajstić information content (AvgIpc) is 3.55. The van der Waals surface area contributed by atoms with E-state index in [1.54, 1.807) is 12.1 Å². The number of benzene rings is 1. The molecule has 1 aliphatic carbocycles. The number of rotatable bonds is 16. The number of carbonyl (C=O) groups is 1. The lowest BCUT2D eigenvalue weighted by Crippen LogP contribution is -2.46. The number of nitrogens with two attached hydrogens (primary N) is 1. The fourth-order valence-electron chi connectivity index (χ4n) is 3.61. The van der Waals surface area contributed by atoms with E-state index < -0.39 is 5.54 Å². The number of oxime groups is 1. The summed E-state index contributed by atoms with van der Waals surface area (Å²) in [5.41, 5.74) is 5.52. The maximum atomic E-state index is 12.4. The van der Waals surface area contributed by atoms with Crippen molar-refractivity contribution in [3.63, 3.8) is 0 Å². The fraction of sp³-hybridized carbons (Fsp3) is 0.667. The minimum Gasteiger partial charge on any atom is -0.494 e. The van der Waals surface area contributed by atoms with Gasteiger partial charge in [0.25, 0.3) is 5.91 Å². The molecule has 1 fully saturated rings. The summed E-state index contributed by atoms with van der Waals surface area (Å²) >= 11 is 0. The highest BCUT2D eigenvalue weighted by atomic mass is 16.5. The Balaban J connectivity index is 1.53. The molecule has 1 aromatic rings. The second-order valence-electron chi connectivity index (χ2n) is 8.43. The largest absolute Gasteiger partial charge is 0.494 e. The summed E-state index contributed by atoms with van der Waals surface area (Å²) in [6, 6.07) is 7.12. The summed E-state index contributed by atoms with van der Waals surface area (Å²) in [5, 5.41) is 14.7. The molecular formula is C24H39N3O3. The van der Waals surface area contributed by atoms with Gasteiger partial charge in [-0.05, 0) is 43.5 Å². The topological polar surface area (TPSA) is 96.9 Å². The van der Waals surface area contributed by atoms with Gasteiger partial charge in [-0.3, -0.25) is 4.79 Å². The molecule has 0 aliphatic heterocycles. The van der Waals surface area contributed by atoms with Gasteiger partial charge in [0.2, 0.25) is 0 Å². The summed E-state index contributed by atoms with van der Waals surface area (Å²) in [4.78, 5) is 12.4. The van der Waals surface area contributed by atoms with Crippen LogP contribution >= 0.6 is 0 Å². The lowest BCUT2D eigenvalue weighted by molar-refractivity contribution is 0.0942. The van der Waals surface area contributed by atoms with Crippen molar-refractivity contribution in [3.8, 4) is 5.75 Å². The lowest BCUT2D eigenvalue weighted by atomic mass is 10.1. The van der Waals surface area contributed by atoms with E-state index in [0.29, 0.717) is 25.0 Å². The fourth-order valence-corrected chi connectivity index (χ4v) is 3.61. The van der Waals surface area contributed by atoms with Crippen molar-refractivity contribution in [2.24, 2.45) is 10.9 Å². The van der Waals surface area contributed by atoms with Crippen LogP contribution < -0.4 is 15.8 Å². The molecule has 30 heavy (non-hydrogen) atoms. The molecule has 0 atom stereocenters. The maximum Gasteiger partial charge on any atom is 0.252 e. The van der Waals surface area contributed by atoms with Crippen LogP contribution in [0.15, 0.2) is 29.4 Å². The Hall–Kier alpha value is -2.24. The summed E-state index contributed by atoms with van der Waals surface area (Å²) in [7, 11) is 0. The molecule has 0 bridgehead atoms. The van der Waals surface area contributed by atoms with Crippen LogP contribution in [0, 0.1) is 0 Å². The van der Waals surface area contributed by atoms with Gasteiger partial charge in [-0.25, -0.2) is 0 Å². The molecule has 0 radical (unpaired) electrons. The van der Waals surface area contributed by atoms with Crippen LogP contribution in [0.1, 0.15) is 101 Å². The highest BCUT2D eigenvalue weighted by Crippen LogP contribution is 2.35. The number of unbranched alkanes of at least 4 members (excludes halogenated alkanes) is 10. The monoisotopic (exact) mass is 417 g/mol. The third-order valence-electron chi connectivity index (χ3n) is 5.83. The molecule has 4 N–H and O–H groups in total. The van der Waals surface area contributed by atoms with E-state index in [2.05, 4.69) is 17.4 Å². The van der Waals surface area contributed by atoms with Gasteiger partial charge in [0.1, 0.15) is 11.3 Å². The van der Waals surface area contributed by atoms with Crippen LogP contribution in [0.3, 0.4) is 0 Å². The van der Waals surface area contributed by atoms with Gasteiger partial charge in [-0.15, -0.1) is 0 Å². The van der Waals surface area contributed by atoms with E-state index in [9.17, 15) is 4.79 Å². The minimum atomic E-state index is -0.684. The van der Waals surface area contributed by atoms with Crippen LogP contribution in [0.4, 0.5) is 0 Å². The normalized spacial score (nSPS) is 15.0. The molecule has 1 aliphatic rings. The average molecular weight is 418 g/mol. The number of ether oxygens (including phenoxy) is 1. The van der Waals surface area contributed by atoms with E-state index in [0.717, 1.165) is 12.2 Å². The Morgan fingerprint density at radius 1 is 1.00 bits per heavy atom. The van der Waals surface area contributed by atoms with E-state index >= 15 is 0 Å². The van der Waals surface area contributed by atoms with E-state index in [1.807, 2.05) is 12.1 Å². The SMILES string of the molecule is CCCCCCCCCCCCCOc1ccc(C(=O)NC2(/C(N)=N/O)CC2)cc1. The van der Waals surface area contributed by atoms with Gasteiger partial charge >= 0.3 is 0 Å². The van der Waals surface area contributed by atoms with E-state index in [4.69, 9.17) is 15.7 Å². The summed E-state index contributed by atoms with van der Waals surface area (Å²) < 4.78 is 5.79. The number of nitrogens with zero attached hydrogens (tertiary/aromatic N) is 1. The summed E-state index contributed by atoms with van der Waals surface area (Å²) in [6.45, 7) is 2.96. The molecule has 168 valence electrons. The number of hydrogen-bond donors (Lipinski definition) is 3. The maximum absolute atomic E-state index is 12.4. The quantitative estimate of drug-likeness (QED) is 0.110. The van der Waals surface area contributed by atoms with Gasteiger partial charge < -0.3 is 21.0 Å². The van der Waals surface area contributed by atoms with Crippen LogP contribution in [-0.2, 0) is 0 Å². The van der Waals surface area contributed by atoms with E-state index in [1.165, 1.54) is 64.2 Å². The zero-order valence-corrected chi connectivity index (χ0v) is 18.5. The van der Waals surface area contributed by atoms with E-state index in [-0.39, 0.29) is 11.7 Å². The molecule has 0 aromatic heterocycles. The second kappa shape index (κ2) is 13.1. The van der Waals surface area contributed by atoms with Crippen molar-refractivity contribution < 1.29 is 14.7 Å². The van der Waals surface area contributed by atoms with Crippen LogP contribution in [0.2, 0.25) is 0 Å². The van der Waals surface area contributed by atoms with Crippen molar-refractivity contribution in [1.29, 1.82) is 0 Å². The van der Waals surface area contributed by atoms with Gasteiger partial charge in [0.05, 0.1) is 6.61 Å². The zero-order chi connectivity index (χ0) is 21.7. The Morgan fingerprint density at radius 3 is 2.03 bits per heavy atom. The third kappa shape index (κ3) is 8.25. The molecule has 1 saturated carbocycles. The van der Waals surface area contributed by atoms with Gasteiger partial charge in [-0.1, -0.05) is 76.3 Å². The molecule has 0 spiro atoms. The van der Waals surface area contributed by atoms with Crippen molar-refractivity contribution in [2.75, 3.05) is 6.61 Å². The summed E-state index contributed by atoms with van der Waals surface area (Å²) in [5.74, 6) is 0.606. The standard InChI is InChI=1S/C24H39N3O3/c1-2-3-4-5-6-7-8-9-10-11-12-19-30-21-15-13-20(14-16-21)22(28)26-24(17-18-24)23(25)27-29/h13-16,29H,2-12,17-19H2,1H3,(H2,25,27)(H,26,28). The first-order chi connectivity index (χ1) is 14.6. The molecular weight excluding hydrogens is 378 g/mol. The minimum absolute atomic E-state index is 0.0581. The van der Waals surface area contributed by atoms with Crippen LogP contribution in [0.5, 0.6) is 5.75 Å². The number of carbonyl (C=O) groups excluding carboxylic acids is 1. The highest BCUT2D eigenvalue weighted by Gasteiger charge is 2.48. The molecule has 0 unspecified atom stereocenters. The molecule has 0 saturated heterocycles. The Bertz CT molecular complexity index is 654. The van der Waals surface area contributed by atoms with Crippen molar-refractivity contribution in [1.82, 2.24) is 5.32 Å². The van der Waals surface area contributed by atoms with Crippen molar-refractivity contribution >= 4 is 11.7 Å². The Kier molecular flexibility index (Phi) is 10.5. The van der Waals surface area contributed by atoms with Crippen LogP contribution in [-0.4, -0.2) is 29.1 Å². The number of nitrogens with one attached hydrogen (secondary N) is 1. The molecule has 6 heteroatoms. The smallest absolute Gasteiger partial charge is 0.252 e. The van der Waals surface area contributed by atoms with Crippen molar-refractivity contribution in [3.05, 3.63) is 29.8 Å². The first-order valence-corrected chi connectivity index (χ1v) is 11.6. The highest BCUT2D eigenvalue weighted by molar-refractivity contribution is 6.01. The Morgan fingerprint density at radius 2 is 1.53 bits per heavy atom. The molecule has 2 rings (SSSR count). The molecule has 0 heterocycles. The molecule has 1 aromatic carbocycles. The summed E-state index contributed by atoms with van der Waals surface area (Å²) in [6.07, 6.45) is 15.8. The van der Waals surface area contributed by atoms with Gasteiger partial charge in [0.15, 0.2) is 5.84 Å². The second-order valence-corrected chi connectivity index (χ2v) is 8.43. The third-order valence-corrected chi connectivity index (χ3v) is 5.83. The lowest BCUT2D eigenvalue weighted by Gasteiger charge is -2.15. The number of hydrogen-bond acceptors (Lipinski definition) is 4.